The monoisotopic (exact) mass is 326 g/mol. The Labute approximate surface area is 118 Å². The number of hydrogen-bond donors (Lipinski definition) is 0. The molecule has 0 aliphatic rings. The van der Waals surface area contributed by atoms with Crippen LogP contribution >= 0.6 is 27.7 Å². The van der Waals surface area contributed by atoms with Crippen LogP contribution < -0.4 is 4.74 Å². The number of benzene rings is 2. The van der Waals surface area contributed by atoms with E-state index in [4.69, 9.17) is 4.74 Å². The minimum absolute atomic E-state index is 0.263. The summed E-state index contributed by atoms with van der Waals surface area (Å²) in [4.78, 5) is 1.19. The number of thioether (sulfide) groups is 1. The van der Waals surface area contributed by atoms with Crippen LogP contribution in [0, 0.1) is 5.82 Å². The van der Waals surface area contributed by atoms with E-state index in [2.05, 4.69) is 15.9 Å². The third-order valence-electron chi connectivity index (χ3n) is 2.39. The van der Waals surface area contributed by atoms with Crippen molar-refractivity contribution in [2.45, 2.75) is 11.5 Å². The summed E-state index contributed by atoms with van der Waals surface area (Å²) in [5.74, 6) is 0.522. The molecule has 0 aliphatic carbocycles. The fraction of sp³-hybridized carbons (Fsp3) is 0.143. The van der Waals surface area contributed by atoms with Crippen LogP contribution in [0.25, 0.3) is 0 Å². The zero-order valence-corrected chi connectivity index (χ0v) is 12.2. The Morgan fingerprint density at radius 1 is 1.17 bits per heavy atom. The van der Waals surface area contributed by atoms with E-state index in [-0.39, 0.29) is 5.82 Å². The Morgan fingerprint density at radius 2 is 1.89 bits per heavy atom. The molecule has 2 rings (SSSR count). The van der Waals surface area contributed by atoms with Gasteiger partial charge in [-0.15, -0.1) is 11.8 Å². The molecule has 0 N–H and O–H groups in total. The molecule has 0 aromatic heterocycles. The zero-order valence-electron chi connectivity index (χ0n) is 9.82. The Kier molecular flexibility index (Phi) is 4.66. The van der Waals surface area contributed by atoms with Crippen molar-refractivity contribution in [2.75, 3.05) is 6.26 Å². The quantitative estimate of drug-likeness (QED) is 0.740. The number of ether oxygens (including phenoxy) is 1. The van der Waals surface area contributed by atoms with Crippen LogP contribution in [0.4, 0.5) is 4.39 Å². The van der Waals surface area contributed by atoms with Crippen molar-refractivity contribution in [3.63, 3.8) is 0 Å². The van der Waals surface area contributed by atoms with Crippen LogP contribution in [0.15, 0.2) is 51.8 Å². The lowest BCUT2D eigenvalue weighted by atomic mass is 10.2. The molecule has 94 valence electrons. The minimum Gasteiger partial charge on any atom is -0.489 e. The van der Waals surface area contributed by atoms with Crippen molar-refractivity contribution < 1.29 is 9.13 Å². The SMILES string of the molecule is CSc1ccc(OCc2cc(F)cc(Br)c2)cc1. The smallest absolute Gasteiger partial charge is 0.124 e. The predicted molar refractivity (Wildman–Crippen MR) is 76.7 cm³/mol. The first-order chi connectivity index (χ1) is 8.67. The Hall–Kier alpha value is -1.00. The summed E-state index contributed by atoms with van der Waals surface area (Å²) in [5, 5.41) is 0. The first-order valence-electron chi connectivity index (χ1n) is 5.39. The maximum absolute atomic E-state index is 13.2. The van der Waals surface area contributed by atoms with E-state index in [1.807, 2.05) is 36.6 Å². The van der Waals surface area contributed by atoms with Gasteiger partial charge in [0, 0.05) is 9.37 Å². The molecule has 0 saturated carbocycles. The van der Waals surface area contributed by atoms with Crippen molar-refractivity contribution in [2.24, 2.45) is 0 Å². The van der Waals surface area contributed by atoms with Gasteiger partial charge < -0.3 is 4.74 Å². The van der Waals surface area contributed by atoms with E-state index < -0.39 is 0 Å². The van der Waals surface area contributed by atoms with Gasteiger partial charge in [-0.05, 0) is 54.3 Å². The lowest BCUT2D eigenvalue weighted by Crippen LogP contribution is -1.96. The average molecular weight is 327 g/mol. The highest BCUT2D eigenvalue weighted by Gasteiger charge is 2.01. The minimum atomic E-state index is -0.263. The van der Waals surface area contributed by atoms with Crippen LogP contribution in [-0.4, -0.2) is 6.26 Å². The van der Waals surface area contributed by atoms with E-state index in [0.717, 1.165) is 15.8 Å². The van der Waals surface area contributed by atoms with Crippen LogP contribution in [0.2, 0.25) is 0 Å². The molecule has 0 amide bonds. The molecule has 0 spiro atoms. The molecule has 0 atom stereocenters. The van der Waals surface area contributed by atoms with Crippen LogP contribution in [0.3, 0.4) is 0 Å². The molecule has 0 saturated heterocycles. The number of rotatable bonds is 4. The van der Waals surface area contributed by atoms with Gasteiger partial charge in [0.05, 0.1) is 0 Å². The second-order valence-electron chi connectivity index (χ2n) is 3.74. The van der Waals surface area contributed by atoms with E-state index in [9.17, 15) is 4.39 Å². The van der Waals surface area contributed by atoms with Gasteiger partial charge >= 0.3 is 0 Å². The Bertz CT molecular complexity index is 508. The van der Waals surface area contributed by atoms with E-state index in [0.29, 0.717) is 6.61 Å². The molecular weight excluding hydrogens is 315 g/mol. The van der Waals surface area contributed by atoms with Crippen LogP contribution in [0.1, 0.15) is 5.56 Å². The highest BCUT2D eigenvalue weighted by atomic mass is 79.9. The number of halogens is 2. The molecule has 0 aliphatic heterocycles. The predicted octanol–water partition coefficient (Wildman–Crippen LogP) is 4.89. The fourth-order valence-corrected chi connectivity index (χ4v) is 2.45. The molecule has 0 radical (unpaired) electrons. The third-order valence-corrected chi connectivity index (χ3v) is 3.59. The normalized spacial score (nSPS) is 10.4. The molecule has 0 fully saturated rings. The molecule has 2 aromatic carbocycles. The summed E-state index contributed by atoms with van der Waals surface area (Å²) >= 11 is 4.94. The van der Waals surface area contributed by atoms with Crippen molar-refractivity contribution in [3.05, 3.63) is 58.3 Å². The lowest BCUT2D eigenvalue weighted by Gasteiger charge is -2.07. The van der Waals surface area contributed by atoms with E-state index in [1.54, 1.807) is 11.8 Å². The third kappa shape index (κ3) is 3.75. The highest BCUT2D eigenvalue weighted by molar-refractivity contribution is 9.10. The topological polar surface area (TPSA) is 9.23 Å². The summed E-state index contributed by atoms with van der Waals surface area (Å²) < 4.78 is 19.5. The zero-order chi connectivity index (χ0) is 13.0. The lowest BCUT2D eigenvalue weighted by molar-refractivity contribution is 0.305. The van der Waals surface area contributed by atoms with Crippen LogP contribution in [-0.2, 0) is 6.61 Å². The second-order valence-corrected chi connectivity index (χ2v) is 5.54. The van der Waals surface area contributed by atoms with E-state index >= 15 is 0 Å². The van der Waals surface area contributed by atoms with E-state index in [1.165, 1.54) is 17.0 Å². The Morgan fingerprint density at radius 3 is 2.50 bits per heavy atom. The molecular formula is C14H12BrFOS. The van der Waals surface area contributed by atoms with Gasteiger partial charge in [0.15, 0.2) is 0 Å². The molecule has 0 bridgehead atoms. The van der Waals surface area contributed by atoms with Crippen molar-refractivity contribution >= 4 is 27.7 Å². The maximum atomic E-state index is 13.2. The van der Waals surface area contributed by atoms with Gasteiger partial charge in [0.25, 0.3) is 0 Å². The van der Waals surface area contributed by atoms with Gasteiger partial charge in [-0.2, -0.15) is 0 Å². The van der Waals surface area contributed by atoms with Gasteiger partial charge in [0.2, 0.25) is 0 Å². The summed E-state index contributed by atoms with van der Waals surface area (Å²) in [6, 6.07) is 12.6. The largest absolute Gasteiger partial charge is 0.489 e. The summed E-state index contributed by atoms with van der Waals surface area (Å²) in [7, 11) is 0. The summed E-state index contributed by atoms with van der Waals surface area (Å²) in [5.41, 5.74) is 0.802. The number of hydrogen-bond acceptors (Lipinski definition) is 2. The van der Waals surface area contributed by atoms with Crippen molar-refractivity contribution in [1.82, 2.24) is 0 Å². The van der Waals surface area contributed by atoms with Crippen LogP contribution in [0.5, 0.6) is 5.75 Å². The fourth-order valence-electron chi connectivity index (χ4n) is 1.53. The maximum Gasteiger partial charge on any atom is 0.124 e. The summed E-state index contributed by atoms with van der Waals surface area (Å²) in [6.07, 6.45) is 2.03. The van der Waals surface area contributed by atoms with Gasteiger partial charge in [0.1, 0.15) is 18.2 Å². The molecule has 0 heterocycles. The first-order valence-corrected chi connectivity index (χ1v) is 7.41. The standard InChI is InChI=1S/C14H12BrFOS/c1-18-14-4-2-13(3-5-14)17-9-10-6-11(15)8-12(16)7-10/h2-8H,9H2,1H3. The average Bonchev–Trinajstić information content (AvgIpc) is 2.36. The summed E-state index contributed by atoms with van der Waals surface area (Å²) in [6.45, 7) is 0.356. The molecule has 0 unspecified atom stereocenters. The van der Waals surface area contributed by atoms with Crippen molar-refractivity contribution in [1.29, 1.82) is 0 Å². The second kappa shape index (κ2) is 6.25. The van der Waals surface area contributed by atoms with Gasteiger partial charge in [-0.25, -0.2) is 4.39 Å². The molecule has 2 aromatic rings. The molecule has 18 heavy (non-hydrogen) atoms. The first kappa shape index (κ1) is 13.4. The molecule has 4 heteroatoms. The van der Waals surface area contributed by atoms with Gasteiger partial charge in [-0.3, -0.25) is 0 Å². The van der Waals surface area contributed by atoms with Crippen molar-refractivity contribution in [3.8, 4) is 5.75 Å². The molecule has 1 nitrogen and oxygen atoms in total. The highest BCUT2D eigenvalue weighted by Crippen LogP contribution is 2.21. The Balaban J connectivity index is 2.01. The van der Waals surface area contributed by atoms with Gasteiger partial charge in [-0.1, -0.05) is 15.9 Å².